The third-order valence-electron chi connectivity index (χ3n) is 2.24. The molecule has 1 aromatic rings. The molecule has 0 unspecified atom stereocenters. The maximum atomic E-state index is 11.7. The molecule has 0 atom stereocenters. The van der Waals surface area contributed by atoms with Crippen LogP contribution in [0.15, 0.2) is 30.3 Å². The Balaban J connectivity index is 2.55. The molecule has 2 N–H and O–H groups in total. The number of ether oxygens (including phenoxy) is 1. The lowest BCUT2D eigenvalue weighted by molar-refractivity contribution is -0.140. The Morgan fingerprint density at radius 2 is 1.94 bits per heavy atom. The minimum Gasteiger partial charge on any atom is -0.468 e. The van der Waals surface area contributed by atoms with E-state index in [2.05, 4.69) is 10.1 Å². The fourth-order valence-corrected chi connectivity index (χ4v) is 1.20. The Kier molecular flexibility index (Phi) is 4.86. The average molecular weight is 249 g/mol. The number of guanidine groups is 1. The summed E-state index contributed by atoms with van der Waals surface area (Å²) in [4.78, 5) is 24.0. The van der Waals surface area contributed by atoms with Gasteiger partial charge in [0.25, 0.3) is 5.91 Å². The molecular weight excluding hydrogens is 234 g/mol. The summed E-state index contributed by atoms with van der Waals surface area (Å²) in [6.07, 6.45) is 0. The van der Waals surface area contributed by atoms with E-state index in [0.717, 1.165) is 0 Å². The van der Waals surface area contributed by atoms with E-state index >= 15 is 0 Å². The minimum atomic E-state index is -0.476. The maximum Gasteiger partial charge on any atom is 0.325 e. The first-order chi connectivity index (χ1) is 8.54. The summed E-state index contributed by atoms with van der Waals surface area (Å²) in [5.41, 5.74) is 0.453. The van der Waals surface area contributed by atoms with Crippen molar-refractivity contribution in [3.05, 3.63) is 35.9 Å². The van der Waals surface area contributed by atoms with E-state index in [0.29, 0.717) is 5.56 Å². The summed E-state index contributed by atoms with van der Waals surface area (Å²) in [7, 11) is 2.78. The van der Waals surface area contributed by atoms with E-state index in [1.165, 1.54) is 19.1 Å². The zero-order chi connectivity index (χ0) is 13.5. The van der Waals surface area contributed by atoms with Gasteiger partial charge in [0, 0.05) is 12.6 Å². The number of carbonyl (C=O) groups excluding carboxylic acids is 2. The van der Waals surface area contributed by atoms with Crippen molar-refractivity contribution < 1.29 is 14.3 Å². The van der Waals surface area contributed by atoms with E-state index < -0.39 is 11.9 Å². The molecule has 18 heavy (non-hydrogen) atoms. The van der Waals surface area contributed by atoms with Crippen LogP contribution in [0.1, 0.15) is 10.4 Å². The van der Waals surface area contributed by atoms with Crippen LogP contribution >= 0.6 is 0 Å². The number of carbonyl (C=O) groups is 2. The highest BCUT2D eigenvalue weighted by Gasteiger charge is 2.13. The van der Waals surface area contributed by atoms with Gasteiger partial charge in [0.15, 0.2) is 5.96 Å². The van der Waals surface area contributed by atoms with Crippen molar-refractivity contribution in [2.45, 2.75) is 0 Å². The van der Waals surface area contributed by atoms with Crippen molar-refractivity contribution in [3.8, 4) is 0 Å². The van der Waals surface area contributed by atoms with E-state index in [1.54, 1.807) is 30.3 Å². The lowest BCUT2D eigenvalue weighted by Crippen LogP contribution is -2.43. The molecule has 0 radical (unpaired) electrons. The molecule has 1 amide bonds. The fourth-order valence-electron chi connectivity index (χ4n) is 1.20. The second kappa shape index (κ2) is 6.39. The van der Waals surface area contributed by atoms with E-state index in [4.69, 9.17) is 5.41 Å². The number of amides is 1. The SMILES string of the molecule is COC(=O)CN(C)C(=N)NC(=O)c1ccccc1. The summed E-state index contributed by atoms with van der Waals surface area (Å²) >= 11 is 0. The highest BCUT2D eigenvalue weighted by Crippen LogP contribution is 1.98. The maximum absolute atomic E-state index is 11.7. The van der Waals surface area contributed by atoms with Gasteiger partial charge in [-0.2, -0.15) is 0 Å². The molecule has 0 bridgehead atoms. The number of methoxy groups -OCH3 is 1. The van der Waals surface area contributed by atoms with Crippen molar-refractivity contribution in [3.63, 3.8) is 0 Å². The number of esters is 1. The Labute approximate surface area is 105 Å². The first kappa shape index (κ1) is 13.7. The van der Waals surface area contributed by atoms with Crippen LogP contribution in [-0.4, -0.2) is 43.4 Å². The topological polar surface area (TPSA) is 82.5 Å². The number of hydrogen-bond acceptors (Lipinski definition) is 4. The molecule has 0 aliphatic rings. The van der Waals surface area contributed by atoms with Gasteiger partial charge in [-0.1, -0.05) is 18.2 Å². The third kappa shape index (κ3) is 3.89. The number of nitrogens with one attached hydrogen (secondary N) is 2. The Morgan fingerprint density at radius 3 is 2.50 bits per heavy atom. The molecule has 0 spiro atoms. The van der Waals surface area contributed by atoms with Gasteiger partial charge in [-0.3, -0.25) is 20.3 Å². The standard InChI is InChI=1S/C12H15N3O3/c1-15(8-10(16)18-2)12(13)14-11(17)9-6-4-3-5-7-9/h3-7H,8H2,1-2H3,(H2,13,14,17). The van der Waals surface area contributed by atoms with Crippen molar-refractivity contribution in [2.75, 3.05) is 20.7 Å². The van der Waals surface area contributed by atoms with Crippen molar-refractivity contribution >= 4 is 17.8 Å². The normalized spacial score (nSPS) is 9.44. The van der Waals surface area contributed by atoms with Crippen molar-refractivity contribution in [1.29, 1.82) is 5.41 Å². The second-order valence-corrected chi connectivity index (χ2v) is 3.60. The van der Waals surface area contributed by atoms with Crippen LogP contribution in [0.4, 0.5) is 0 Å². The third-order valence-corrected chi connectivity index (χ3v) is 2.24. The molecule has 6 heteroatoms. The monoisotopic (exact) mass is 249 g/mol. The van der Waals surface area contributed by atoms with E-state index in [9.17, 15) is 9.59 Å². The number of rotatable bonds is 3. The zero-order valence-electron chi connectivity index (χ0n) is 10.3. The first-order valence-electron chi connectivity index (χ1n) is 5.27. The molecule has 0 aromatic heterocycles. The lowest BCUT2D eigenvalue weighted by Gasteiger charge is -2.18. The Morgan fingerprint density at radius 1 is 1.33 bits per heavy atom. The van der Waals surface area contributed by atoms with Crippen molar-refractivity contribution in [2.24, 2.45) is 0 Å². The van der Waals surface area contributed by atoms with Gasteiger partial charge in [-0.15, -0.1) is 0 Å². The summed E-state index contributed by atoms with van der Waals surface area (Å²) in [5, 5.41) is 10.0. The van der Waals surface area contributed by atoms with Crippen LogP contribution in [0.25, 0.3) is 0 Å². The predicted octanol–water partition coefficient (Wildman–Crippen LogP) is 0.456. The van der Waals surface area contributed by atoms with Gasteiger partial charge in [-0.25, -0.2) is 0 Å². The van der Waals surface area contributed by atoms with Gasteiger partial charge < -0.3 is 9.64 Å². The van der Waals surface area contributed by atoms with Gasteiger partial charge in [0.05, 0.1) is 7.11 Å². The molecule has 0 fully saturated rings. The van der Waals surface area contributed by atoms with Gasteiger partial charge in [0.1, 0.15) is 6.54 Å². The zero-order valence-corrected chi connectivity index (χ0v) is 10.3. The molecule has 0 saturated heterocycles. The second-order valence-electron chi connectivity index (χ2n) is 3.60. The lowest BCUT2D eigenvalue weighted by atomic mass is 10.2. The number of nitrogens with zero attached hydrogens (tertiary/aromatic N) is 1. The molecular formula is C12H15N3O3. The molecule has 0 saturated carbocycles. The summed E-state index contributed by atoms with van der Waals surface area (Å²) in [6.45, 7) is -0.0929. The van der Waals surface area contributed by atoms with Crippen LogP contribution in [-0.2, 0) is 9.53 Å². The first-order valence-corrected chi connectivity index (χ1v) is 5.27. The highest BCUT2D eigenvalue weighted by molar-refractivity contribution is 6.05. The summed E-state index contributed by atoms with van der Waals surface area (Å²) in [6, 6.07) is 8.55. The predicted molar refractivity (Wildman–Crippen MR) is 66.3 cm³/mol. The number of likely N-dealkylation sites (N-methyl/N-ethyl adjacent to an activating group) is 1. The minimum absolute atomic E-state index is 0.0929. The molecule has 1 aromatic carbocycles. The van der Waals surface area contributed by atoms with Gasteiger partial charge in [0.2, 0.25) is 0 Å². The van der Waals surface area contributed by atoms with Crippen LogP contribution < -0.4 is 5.32 Å². The quantitative estimate of drug-likeness (QED) is 0.463. The molecule has 0 aliphatic carbocycles. The molecule has 1 rings (SSSR count). The Bertz CT molecular complexity index is 445. The molecule has 0 heterocycles. The van der Waals surface area contributed by atoms with Crippen LogP contribution in [0, 0.1) is 5.41 Å². The number of hydrogen-bond donors (Lipinski definition) is 2. The van der Waals surface area contributed by atoms with E-state index in [1.807, 2.05) is 0 Å². The van der Waals surface area contributed by atoms with Crippen molar-refractivity contribution in [1.82, 2.24) is 10.2 Å². The van der Waals surface area contributed by atoms with Crippen LogP contribution in [0.5, 0.6) is 0 Å². The highest BCUT2D eigenvalue weighted by atomic mass is 16.5. The van der Waals surface area contributed by atoms with E-state index in [-0.39, 0.29) is 12.5 Å². The fraction of sp³-hybridized carbons (Fsp3) is 0.250. The average Bonchev–Trinajstić information content (AvgIpc) is 2.39. The number of benzene rings is 1. The largest absolute Gasteiger partial charge is 0.468 e. The molecule has 0 aliphatic heterocycles. The van der Waals surface area contributed by atoms with Gasteiger partial charge in [-0.05, 0) is 12.1 Å². The van der Waals surface area contributed by atoms with Crippen LogP contribution in [0.2, 0.25) is 0 Å². The molecule has 6 nitrogen and oxygen atoms in total. The summed E-state index contributed by atoms with van der Waals surface area (Å²) < 4.78 is 4.47. The summed E-state index contributed by atoms with van der Waals surface area (Å²) in [5.74, 6) is -1.03. The Hall–Kier alpha value is -2.37. The molecule has 96 valence electrons. The van der Waals surface area contributed by atoms with Crippen LogP contribution in [0.3, 0.4) is 0 Å². The van der Waals surface area contributed by atoms with Gasteiger partial charge >= 0.3 is 5.97 Å². The smallest absolute Gasteiger partial charge is 0.325 e.